The van der Waals surface area contributed by atoms with Gasteiger partial charge in [-0.25, -0.2) is 0 Å². The molecular formula is C24H28N6OS. The Morgan fingerprint density at radius 2 is 2.03 bits per heavy atom. The van der Waals surface area contributed by atoms with E-state index in [1.807, 2.05) is 25.3 Å². The predicted octanol–water partition coefficient (Wildman–Crippen LogP) is 4.93. The van der Waals surface area contributed by atoms with Crippen LogP contribution in [0.3, 0.4) is 0 Å². The number of benzene rings is 1. The Hall–Kier alpha value is -2.79. The summed E-state index contributed by atoms with van der Waals surface area (Å²) in [5.41, 5.74) is 1.43. The Balaban J connectivity index is 1.41. The summed E-state index contributed by atoms with van der Waals surface area (Å²) >= 11 is 1.45. The maximum absolute atomic E-state index is 13.3. The first-order chi connectivity index (χ1) is 15.5. The number of carbonyl (C=O) groups excluding carboxylic acids is 1. The summed E-state index contributed by atoms with van der Waals surface area (Å²) in [5, 5.41) is 20.5. The third-order valence-electron chi connectivity index (χ3n) is 6.90. The first-order valence-electron chi connectivity index (χ1n) is 11.4. The van der Waals surface area contributed by atoms with Crippen LogP contribution in [-0.2, 0) is 4.79 Å². The molecule has 0 bridgehead atoms. The van der Waals surface area contributed by atoms with Crippen molar-refractivity contribution in [2.75, 3.05) is 7.05 Å². The summed E-state index contributed by atoms with van der Waals surface area (Å²) in [6.45, 7) is 1.91. The summed E-state index contributed by atoms with van der Waals surface area (Å²) in [7, 11) is 1.79. The van der Waals surface area contributed by atoms with Crippen LogP contribution in [0.4, 0.5) is 0 Å². The molecule has 32 heavy (non-hydrogen) atoms. The number of amides is 1. The van der Waals surface area contributed by atoms with Gasteiger partial charge in [0.15, 0.2) is 11.0 Å². The molecule has 5 rings (SSSR count). The van der Waals surface area contributed by atoms with E-state index in [0.717, 1.165) is 72.4 Å². The molecule has 2 aromatic heterocycles. The minimum atomic E-state index is -0.677. The van der Waals surface area contributed by atoms with Crippen LogP contribution < -0.4 is 0 Å². The van der Waals surface area contributed by atoms with Gasteiger partial charge in [-0.15, -0.1) is 10.2 Å². The largest absolute Gasteiger partial charge is 0.360 e. The van der Waals surface area contributed by atoms with E-state index >= 15 is 0 Å². The van der Waals surface area contributed by atoms with Gasteiger partial charge in [0.2, 0.25) is 5.91 Å². The van der Waals surface area contributed by atoms with Crippen molar-refractivity contribution in [2.45, 2.75) is 73.9 Å². The number of aromatic nitrogens is 4. The standard InChI is InChI=1S/C24H28N6OS/c1-16(22(31)29(2)24(15-25)12-6-3-7-13-24)32-23-28-27-21(30(23)17-10-11-17)19-14-26-20-9-5-4-8-18(19)20/h4-5,8-9,14,16-17,26H,3,6-7,10-13H2,1-2H3/t16-/m1/s1. The normalized spacial score (nSPS) is 18.9. The van der Waals surface area contributed by atoms with E-state index in [2.05, 4.69) is 38.0 Å². The quantitative estimate of drug-likeness (QED) is 0.540. The number of rotatable bonds is 6. The van der Waals surface area contributed by atoms with Gasteiger partial charge in [-0.1, -0.05) is 49.2 Å². The van der Waals surface area contributed by atoms with Gasteiger partial charge in [0.1, 0.15) is 5.54 Å². The maximum Gasteiger partial charge on any atom is 0.236 e. The van der Waals surface area contributed by atoms with Crippen molar-refractivity contribution in [3.63, 3.8) is 0 Å². The van der Waals surface area contributed by atoms with Crippen LogP contribution in [0.15, 0.2) is 35.6 Å². The lowest BCUT2D eigenvalue weighted by atomic mass is 9.81. The molecule has 0 aliphatic heterocycles. The molecule has 1 aromatic carbocycles. The zero-order valence-electron chi connectivity index (χ0n) is 18.5. The number of nitrogens with one attached hydrogen (secondary N) is 1. The van der Waals surface area contributed by atoms with Crippen molar-refractivity contribution < 1.29 is 4.79 Å². The predicted molar refractivity (Wildman–Crippen MR) is 125 cm³/mol. The Labute approximate surface area is 192 Å². The number of hydrogen-bond donors (Lipinski definition) is 1. The fourth-order valence-corrected chi connectivity index (χ4v) is 5.82. The van der Waals surface area contributed by atoms with Gasteiger partial charge in [-0.2, -0.15) is 5.26 Å². The average Bonchev–Trinajstić information content (AvgIpc) is 3.45. The van der Waals surface area contributed by atoms with Crippen LogP contribution in [-0.4, -0.2) is 48.4 Å². The van der Waals surface area contributed by atoms with Crippen molar-refractivity contribution in [3.05, 3.63) is 30.5 Å². The van der Waals surface area contributed by atoms with Gasteiger partial charge in [0.05, 0.1) is 11.3 Å². The minimum Gasteiger partial charge on any atom is -0.360 e. The van der Waals surface area contributed by atoms with Crippen LogP contribution in [0.2, 0.25) is 0 Å². The number of hydrogen-bond acceptors (Lipinski definition) is 5. The lowest BCUT2D eigenvalue weighted by molar-refractivity contribution is -0.133. The number of carbonyl (C=O) groups is 1. The van der Waals surface area contributed by atoms with Gasteiger partial charge in [0, 0.05) is 35.8 Å². The molecule has 2 heterocycles. The minimum absolute atomic E-state index is 0.0163. The van der Waals surface area contributed by atoms with Gasteiger partial charge in [0.25, 0.3) is 0 Å². The van der Waals surface area contributed by atoms with Gasteiger partial charge in [-0.3, -0.25) is 9.36 Å². The first kappa shape index (κ1) is 21.1. The van der Waals surface area contributed by atoms with E-state index in [-0.39, 0.29) is 11.2 Å². The first-order valence-corrected chi connectivity index (χ1v) is 12.3. The zero-order chi connectivity index (χ0) is 22.3. The molecule has 2 aliphatic rings. The topological polar surface area (TPSA) is 90.6 Å². The number of nitriles is 1. The fraction of sp³-hybridized carbons (Fsp3) is 0.500. The van der Waals surface area contributed by atoms with Crippen molar-refractivity contribution in [3.8, 4) is 17.5 Å². The molecule has 2 fully saturated rings. The summed E-state index contributed by atoms with van der Waals surface area (Å²) in [6, 6.07) is 11.0. The molecule has 166 valence electrons. The number of thioether (sulfide) groups is 1. The fourth-order valence-electron chi connectivity index (χ4n) is 4.81. The Morgan fingerprint density at radius 3 is 2.75 bits per heavy atom. The summed E-state index contributed by atoms with van der Waals surface area (Å²) in [6.07, 6.45) is 8.83. The van der Waals surface area contributed by atoms with Crippen LogP contribution in [0.25, 0.3) is 22.3 Å². The highest BCUT2D eigenvalue weighted by molar-refractivity contribution is 8.00. The van der Waals surface area contributed by atoms with E-state index in [4.69, 9.17) is 0 Å². The van der Waals surface area contributed by atoms with E-state index < -0.39 is 5.54 Å². The molecule has 2 aliphatic carbocycles. The van der Waals surface area contributed by atoms with Gasteiger partial charge in [-0.05, 0) is 38.7 Å². The number of aromatic amines is 1. The SMILES string of the molecule is C[C@@H](Sc1nnc(-c2c[nH]c3ccccc23)n1C1CC1)C(=O)N(C)C1(C#N)CCCCC1. The molecule has 2 saturated carbocycles. The van der Waals surface area contributed by atoms with Gasteiger partial charge < -0.3 is 9.88 Å². The highest BCUT2D eigenvalue weighted by Gasteiger charge is 2.41. The van der Waals surface area contributed by atoms with E-state index in [1.165, 1.54) is 11.8 Å². The molecule has 1 atom stereocenters. The lowest BCUT2D eigenvalue weighted by Crippen LogP contribution is -2.52. The monoisotopic (exact) mass is 448 g/mol. The third kappa shape index (κ3) is 3.58. The average molecular weight is 449 g/mol. The Morgan fingerprint density at radius 1 is 1.28 bits per heavy atom. The second-order valence-electron chi connectivity index (χ2n) is 9.02. The van der Waals surface area contributed by atoms with E-state index in [1.54, 1.807) is 11.9 Å². The Bertz CT molecular complexity index is 1180. The zero-order valence-corrected chi connectivity index (χ0v) is 19.4. The van der Waals surface area contributed by atoms with Crippen molar-refractivity contribution in [2.24, 2.45) is 0 Å². The molecule has 7 nitrogen and oxygen atoms in total. The number of nitrogens with zero attached hydrogens (tertiary/aromatic N) is 5. The van der Waals surface area contributed by atoms with Crippen LogP contribution in [0.1, 0.15) is 57.9 Å². The molecule has 0 unspecified atom stereocenters. The molecular weight excluding hydrogens is 420 g/mol. The molecule has 3 aromatic rings. The third-order valence-corrected chi connectivity index (χ3v) is 7.94. The van der Waals surface area contributed by atoms with Crippen molar-refractivity contribution in [1.82, 2.24) is 24.6 Å². The number of H-pyrrole nitrogens is 1. The molecule has 0 spiro atoms. The molecule has 0 saturated heterocycles. The summed E-state index contributed by atoms with van der Waals surface area (Å²) in [4.78, 5) is 18.3. The summed E-state index contributed by atoms with van der Waals surface area (Å²) in [5.74, 6) is 0.832. The highest BCUT2D eigenvalue weighted by Crippen LogP contribution is 2.43. The molecule has 1 amide bonds. The van der Waals surface area contributed by atoms with E-state index in [9.17, 15) is 10.1 Å². The smallest absolute Gasteiger partial charge is 0.236 e. The molecule has 8 heteroatoms. The van der Waals surface area contributed by atoms with Gasteiger partial charge >= 0.3 is 0 Å². The Kier molecular flexibility index (Phi) is 5.46. The second-order valence-corrected chi connectivity index (χ2v) is 10.3. The van der Waals surface area contributed by atoms with Crippen molar-refractivity contribution >= 4 is 28.6 Å². The van der Waals surface area contributed by atoms with E-state index in [0.29, 0.717) is 6.04 Å². The second kappa shape index (κ2) is 8.28. The van der Waals surface area contributed by atoms with Crippen LogP contribution in [0.5, 0.6) is 0 Å². The lowest BCUT2D eigenvalue weighted by Gasteiger charge is -2.40. The maximum atomic E-state index is 13.3. The number of para-hydroxylation sites is 1. The van der Waals surface area contributed by atoms with Crippen LogP contribution in [0, 0.1) is 11.3 Å². The molecule has 1 N–H and O–H groups in total. The summed E-state index contributed by atoms with van der Waals surface area (Å²) < 4.78 is 2.20. The van der Waals surface area contributed by atoms with Crippen molar-refractivity contribution in [1.29, 1.82) is 5.26 Å². The molecule has 0 radical (unpaired) electrons. The highest BCUT2D eigenvalue weighted by atomic mass is 32.2. The number of fused-ring (bicyclic) bond motifs is 1. The van der Waals surface area contributed by atoms with Crippen LogP contribution >= 0.6 is 11.8 Å².